The molecule has 0 atom stereocenters. The van der Waals surface area contributed by atoms with Crippen LogP contribution in [-0.2, 0) is 14.8 Å². The molecule has 1 aromatic carbocycles. The van der Waals surface area contributed by atoms with Crippen molar-refractivity contribution in [1.29, 1.82) is 0 Å². The fraction of sp³-hybridized carbons (Fsp3) is 0.286. The highest BCUT2D eigenvalue weighted by Gasteiger charge is 2.31. The molecular weight excluding hydrogens is 397 g/mol. The number of hydrogen-bond acceptors (Lipinski definition) is 7. The first-order valence-electron chi connectivity index (χ1n) is 7.05. The van der Waals surface area contributed by atoms with E-state index in [2.05, 4.69) is 14.4 Å². The summed E-state index contributed by atoms with van der Waals surface area (Å²) in [5.74, 6) is -1.17. The monoisotopic (exact) mass is 410 g/mol. The van der Waals surface area contributed by atoms with E-state index >= 15 is 0 Å². The van der Waals surface area contributed by atoms with Crippen LogP contribution >= 0.6 is 11.3 Å². The van der Waals surface area contributed by atoms with Gasteiger partial charge < -0.3 is 9.47 Å². The summed E-state index contributed by atoms with van der Waals surface area (Å²) in [4.78, 5) is 15.5. The average molecular weight is 410 g/mol. The van der Waals surface area contributed by atoms with Crippen molar-refractivity contribution in [2.75, 3.05) is 11.3 Å². The lowest BCUT2D eigenvalue weighted by atomic mass is 10.3. The van der Waals surface area contributed by atoms with Gasteiger partial charge in [0.25, 0.3) is 10.0 Å². The van der Waals surface area contributed by atoms with Gasteiger partial charge in [0, 0.05) is 0 Å². The Bertz CT molecular complexity index is 892. The fourth-order valence-electron chi connectivity index (χ4n) is 1.82. The standard InChI is InChI=1S/C14H13F3N2O5S2/c1-3-23-12(20)11-8(2)18-13(25-11)19-26(21,22)10-6-4-9(5-7-10)24-14(15,16)17/h4-7H,3H2,1-2H3,(H,18,19). The Kier molecular flexibility index (Phi) is 5.76. The summed E-state index contributed by atoms with van der Waals surface area (Å²) in [6.45, 7) is 3.30. The average Bonchev–Trinajstić information content (AvgIpc) is 2.86. The molecule has 0 saturated heterocycles. The number of thiazole rings is 1. The van der Waals surface area contributed by atoms with Crippen LogP contribution in [0.25, 0.3) is 0 Å². The van der Waals surface area contributed by atoms with Crippen molar-refractivity contribution in [1.82, 2.24) is 4.98 Å². The minimum Gasteiger partial charge on any atom is -0.462 e. The predicted octanol–water partition coefficient (Wildman–Crippen LogP) is 3.33. The van der Waals surface area contributed by atoms with E-state index in [1.54, 1.807) is 6.92 Å². The second-order valence-electron chi connectivity index (χ2n) is 4.78. The van der Waals surface area contributed by atoms with Crippen LogP contribution in [0.15, 0.2) is 29.2 Å². The minimum atomic E-state index is -4.87. The fourth-order valence-corrected chi connectivity index (χ4v) is 3.92. The normalized spacial score (nSPS) is 11.9. The summed E-state index contributed by atoms with van der Waals surface area (Å²) >= 11 is 0.791. The van der Waals surface area contributed by atoms with Crippen molar-refractivity contribution in [3.63, 3.8) is 0 Å². The van der Waals surface area contributed by atoms with Crippen molar-refractivity contribution in [2.24, 2.45) is 0 Å². The lowest BCUT2D eigenvalue weighted by molar-refractivity contribution is -0.274. The quantitative estimate of drug-likeness (QED) is 0.734. The number of ether oxygens (including phenoxy) is 2. The number of carbonyl (C=O) groups is 1. The SMILES string of the molecule is CCOC(=O)c1sc(NS(=O)(=O)c2ccc(OC(F)(F)F)cc2)nc1C. The molecule has 7 nitrogen and oxygen atoms in total. The Balaban J connectivity index is 2.18. The molecule has 0 saturated carbocycles. The molecule has 0 amide bonds. The van der Waals surface area contributed by atoms with E-state index in [0.29, 0.717) is 5.69 Å². The number of alkyl halides is 3. The molecule has 0 fully saturated rings. The highest BCUT2D eigenvalue weighted by Crippen LogP contribution is 2.27. The summed E-state index contributed by atoms with van der Waals surface area (Å²) in [6, 6.07) is 3.66. The van der Waals surface area contributed by atoms with Gasteiger partial charge in [-0.1, -0.05) is 11.3 Å². The zero-order valence-corrected chi connectivity index (χ0v) is 15.1. The number of aromatic nitrogens is 1. The third kappa shape index (κ3) is 5.08. The van der Waals surface area contributed by atoms with Crippen LogP contribution in [-0.4, -0.2) is 32.3 Å². The number of carbonyl (C=O) groups excluding carboxylic acids is 1. The highest BCUT2D eigenvalue weighted by atomic mass is 32.2. The zero-order valence-electron chi connectivity index (χ0n) is 13.5. The molecule has 1 heterocycles. The van der Waals surface area contributed by atoms with Crippen LogP contribution in [0, 0.1) is 6.92 Å². The maximum Gasteiger partial charge on any atom is 0.573 e. The third-order valence-electron chi connectivity index (χ3n) is 2.85. The number of aryl methyl sites for hydroxylation is 1. The third-order valence-corrected chi connectivity index (χ3v) is 5.38. The smallest absolute Gasteiger partial charge is 0.462 e. The molecule has 2 rings (SSSR count). The first kappa shape index (κ1) is 20.0. The van der Waals surface area contributed by atoms with Crippen molar-refractivity contribution >= 4 is 32.5 Å². The summed E-state index contributed by atoms with van der Waals surface area (Å²) in [7, 11) is -4.11. The second kappa shape index (κ2) is 7.50. The van der Waals surface area contributed by atoms with Crippen LogP contribution in [0.3, 0.4) is 0 Å². The molecule has 26 heavy (non-hydrogen) atoms. The highest BCUT2D eigenvalue weighted by molar-refractivity contribution is 7.93. The van der Waals surface area contributed by atoms with E-state index in [9.17, 15) is 26.4 Å². The maximum absolute atomic E-state index is 12.3. The number of rotatable bonds is 6. The lowest BCUT2D eigenvalue weighted by Gasteiger charge is -2.09. The van der Waals surface area contributed by atoms with Crippen LogP contribution in [0.1, 0.15) is 22.3 Å². The molecule has 0 radical (unpaired) electrons. The lowest BCUT2D eigenvalue weighted by Crippen LogP contribution is -2.17. The van der Waals surface area contributed by atoms with E-state index in [1.807, 2.05) is 0 Å². The van der Waals surface area contributed by atoms with E-state index < -0.39 is 28.1 Å². The zero-order chi connectivity index (χ0) is 19.5. The van der Waals surface area contributed by atoms with Crippen LogP contribution in [0.2, 0.25) is 0 Å². The molecule has 142 valence electrons. The minimum absolute atomic E-state index is 0.0684. The molecular formula is C14H13F3N2O5S2. The molecule has 0 unspecified atom stereocenters. The second-order valence-corrected chi connectivity index (χ2v) is 7.46. The molecule has 1 N–H and O–H groups in total. The largest absolute Gasteiger partial charge is 0.573 e. The number of nitrogens with zero attached hydrogens (tertiary/aromatic N) is 1. The van der Waals surface area contributed by atoms with Crippen LogP contribution < -0.4 is 9.46 Å². The molecule has 0 aliphatic heterocycles. The van der Waals surface area contributed by atoms with Crippen molar-refractivity contribution < 1.29 is 35.9 Å². The van der Waals surface area contributed by atoms with Gasteiger partial charge in [-0.25, -0.2) is 18.2 Å². The number of sulfonamides is 1. The van der Waals surface area contributed by atoms with Gasteiger partial charge in [-0.3, -0.25) is 4.72 Å². The van der Waals surface area contributed by atoms with Crippen LogP contribution in [0.5, 0.6) is 5.75 Å². The maximum atomic E-state index is 12.3. The molecule has 0 bridgehead atoms. The molecule has 2 aromatic rings. The Morgan fingerprint density at radius 2 is 1.88 bits per heavy atom. The number of nitrogens with one attached hydrogen (secondary N) is 1. The Morgan fingerprint density at radius 3 is 2.42 bits per heavy atom. The molecule has 12 heteroatoms. The summed E-state index contributed by atoms with van der Waals surface area (Å²) in [5, 5.41) is -0.0684. The summed E-state index contributed by atoms with van der Waals surface area (Å²) < 4.78 is 71.6. The Labute approximate surface area is 150 Å². The summed E-state index contributed by atoms with van der Waals surface area (Å²) in [6.07, 6.45) is -4.87. The Morgan fingerprint density at radius 1 is 1.27 bits per heavy atom. The van der Waals surface area contributed by atoms with E-state index in [-0.39, 0.29) is 21.5 Å². The van der Waals surface area contributed by atoms with Gasteiger partial charge in [-0.15, -0.1) is 13.2 Å². The number of hydrogen-bond donors (Lipinski definition) is 1. The number of esters is 1. The van der Waals surface area contributed by atoms with E-state index in [0.717, 1.165) is 35.6 Å². The van der Waals surface area contributed by atoms with Gasteiger partial charge in [0.15, 0.2) is 5.13 Å². The van der Waals surface area contributed by atoms with Gasteiger partial charge in [-0.2, -0.15) is 0 Å². The van der Waals surface area contributed by atoms with E-state index in [1.165, 1.54) is 6.92 Å². The first-order valence-corrected chi connectivity index (χ1v) is 9.35. The van der Waals surface area contributed by atoms with E-state index in [4.69, 9.17) is 4.74 Å². The van der Waals surface area contributed by atoms with Crippen molar-refractivity contribution in [3.8, 4) is 5.75 Å². The van der Waals surface area contributed by atoms with Gasteiger partial charge in [0.1, 0.15) is 10.6 Å². The molecule has 0 aliphatic carbocycles. The van der Waals surface area contributed by atoms with Gasteiger partial charge in [0.05, 0.1) is 17.2 Å². The number of anilines is 1. The summed E-state index contributed by atoms with van der Waals surface area (Å²) in [5.41, 5.74) is 0.292. The molecule has 0 aliphatic rings. The first-order chi connectivity index (χ1) is 12.0. The van der Waals surface area contributed by atoms with Gasteiger partial charge in [-0.05, 0) is 38.1 Å². The van der Waals surface area contributed by atoms with Crippen molar-refractivity contribution in [3.05, 3.63) is 34.8 Å². The number of halogens is 3. The van der Waals surface area contributed by atoms with Crippen molar-refractivity contribution in [2.45, 2.75) is 25.1 Å². The topological polar surface area (TPSA) is 94.6 Å². The molecule has 0 spiro atoms. The van der Waals surface area contributed by atoms with Crippen LogP contribution in [0.4, 0.5) is 18.3 Å². The van der Waals surface area contributed by atoms with Gasteiger partial charge >= 0.3 is 12.3 Å². The molecule has 1 aromatic heterocycles. The van der Waals surface area contributed by atoms with Gasteiger partial charge in [0.2, 0.25) is 0 Å². The number of benzene rings is 1. The Hall–Kier alpha value is -2.34. The predicted molar refractivity (Wildman–Crippen MR) is 86.7 cm³/mol.